The monoisotopic (exact) mass is 432 g/mol. The molecule has 2 aromatic carbocycles. The van der Waals surface area contributed by atoms with Crippen LogP contribution >= 0.6 is 0 Å². The van der Waals surface area contributed by atoms with Crippen molar-refractivity contribution in [1.29, 1.82) is 0 Å². The quantitative estimate of drug-likeness (QED) is 0.502. The number of benzene rings is 2. The molecular formula is C21H28N4O4S. The molecule has 2 amide bonds. The number of carbonyl (C=O) groups is 1. The standard InChI is InChI=1S/C21H28N4O4S/c1-25(17-7-4-3-5-8-17)14-6-13-22-21(26)23-19-15-18(11-12-20(19)29-2)30(27,28)24-16-9-10-16/h3-5,7-8,11-12,15-16,24H,6,9-10,13-14H2,1-2H3,(H2,22,23,26). The van der Waals surface area contributed by atoms with Gasteiger partial charge in [-0.15, -0.1) is 0 Å². The van der Waals surface area contributed by atoms with E-state index in [1.165, 1.54) is 25.3 Å². The van der Waals surface area contributed by atoms with Crippen LogP contribution in [0, 0.1) is 0 Å². The fourth-order valence-corrected chi connectivity index (χ4v) is 4.27. The van der Waals surface area contributed by atoms with Gasteiger partial charge in [0.15, 0.2) is 0 Å². The molecule has 0 unspecified atom stereocenters. The van der Waals surface area contributed by atoms with Crippen LogP contribution in [-0.4, -0.2) is 47.7 Å². The third-order valence-corrected chi connectivity index (χ3v) is 6.30. The van der Waals surface area contributed by atoms with E-state index in [9.17, 15) is 13.2 Å². The summed E-state index contributed by atoms with van der Waals surface area (Å²) in [6, 6.07) is 14.0. The first-order valence-electron chi connectivity index (χ1n) is 9.90. The summed E-state index contributed by atoms with van der Waals surface area (Å²) in [6.45, 7) is 1.26. The summed E-state index contributed by atoms with van der Waals surface area (Å²) in [6.07, 6.45) is 2.46. The lowest BCUT2D eigenvalue weighted by Gasteiger charge is -2.19. The Morgan fingerprint density at radius 3 is 2.57 bits per heavy atom. The Morgan fingerprint density at radius 1 is 1.17 bits per heavy atom. The van der Waals surface area contributed by atoms with E-state index in [2.05, 4.69) is 20.3 Å². The van der Waals surface area contributed by atoms with E-state index in [1.54, 1.807) is 0 Å². The Morgan fingerprint density at radius 2 is 1.90 bits per heavy atom. The number of rotatable bonds is 10. The van der Waals surface area contributed by atoms with Crippen molar-refractivity contribution in [3.63, 3.8) is 0 Å². The maximum atomic E-state index is 12.4. The Balaban J connectivity index is 1.53. The Bertz CT molecular complexity index is 962. The van der Waals surface area contributed by atoms with Gasteiger partial charge in [-0.2, -0.15) is 0 Å². The molecule has 3 N–H and O–H groups in total. The van der Waals surface area contributed by atoms with Crippen molar-refractivity contribution < 1.29 is 17.9 Å². The van der Waals surface area contributed by atoms with Gasteiger partial charge in [-0.1, -0.05) is 18.2 Å². The highest BCUT2D eigenvalue weighted by atomic mass is 32.2. The second kappa shape index (κ2) is 9.82. The van der Waals surface area contributed by atoms with E-state index in [4.69, 9.17) is 4.74 Å². The second-order valence-corrected chi connectivity index (χ2v) is 8.96. The van der Waals surface area contributed by atoms with Gasteiger partial charge in [-0.3, -0.25) is 0 Å². The average molecular weight is 433 g/mol. The van der Waals surface area contributed by atoms with E-state index in [1.807, 2.05) is 37.4 Å². The van der Waals surface area contributed by atoms with Crippen LogP contribution in [0.3, 0.4) is 0 Å². The third kappa shape index (κ3) is 6.11. The van der Waals surface area contributed by atoms with Gasteiger partial charge in [0.05, 0.1) is 17.7 Å². The molecule has 30 heavy (non-hydrogen) atoms. The number of nitrogens with zero attached hydrogens (tertiary/aromatic N) is 1. The summed E-state index contributed by atoms with van der Waals surface area (Å²) in [4.78, 5) is 14.5. The lowest BCUT2D eigenvalue weighted by atomic mass is 10.3. The van der Waals surface area contributed by atoms with Crippen molar-refractivity contribution in [3.05, 3.63) is 48.5 Å². The van der Waals surface area contributed by atoms with Crippen LogP contribution in [-0.2, 0) is 10.0 Å². The van der Waals surface area contributed by atoms with E-state index in [-0.39, 0.29) is 10.9 Å². The summed E-state index contributed by atoms with van der Waals surface area (Å²) in [5.41, 5.74) is 1.42. The van der Waals surface area contributed by atoms with Gasteiger partial charge in [0.25, 0.3) is 0 Å². The number of hydrogen-bond donors (Lipinski definition) is 3. The molecule has 9 heteroatoms. The summed E-state index contributed by atoms with van der Waals surface area (Å²) in [5.74, 6) is 0.388. The number of hydrogen-bond acceptors (Lipinski definition) is 5. The molecule has 1 aliphatic carbocycles. The third-order valence-electron chi connectivity index (χ3n) is 4.78. The summed E-state index contributed by atoms with van der Waals surface area (Å²) in [7, 11) is -0.151. The minimum Gasteiger partial charge on any atom is -0.495 e. The van der Waals surface area contributed by atoms with Crippen molar-refractivity contribution in [2.45, 2.75) is 30.2 Å². The molecule has 162 valence electrons. The van der Waals surface area contributed by atoms with Crippen LogP contribution in [0.25, 0.3) is 0 Å². The van der Waals surface area contributed by atoms with Crippen molar-refractivity contribution >= 4 is 27.4 Å². The predicted octanol–water partition coefficient (Wildman–Crippen LogP) is 2.78. The molecule has 1 aliphatic rings. The van der Waals surface area contributed by atoms with Crippen molar-refractivity contribution in [3.8, 4) is 5.75 Å². The highest BCUT2D eigenvalue weighted by molar-refractivity contribution is 7.89. The molecule has 0 atom stereocenters. The summed E-state index contributed by atoms with van der Waals surface area (Å²) in [5, 5.41) is 5.47. The number of sulfonamides is 1. The molecule has 0 saturated heterocycles. The maximum Gasteiger partial charge on any atom is 0.319 e. The molecule has 8 nitrogen and oxygen atoms in total. The van der Waals surface area contributed by atoms with E-state index in [0.717, 1.165) is 31.5 Å². The van der Waals surface area contributed by atoms with Crippen LogP contribution in [0.5, 0.6) is 5.75 Å². The van der Waals surface area contributed by atoms with Gasteiger partial charge in [-0.25, -0.2) is 17.9 Å². The van der Waals surface area contributed by atoms with Gasteiger partial charge in [-0.05, 0) is 49.6 Å². The number of carbonyl (C=O) groups excluding carboxylic acids is 1. The van der Waals surface area contributed by atoms with Gasteiger partial charge >= 0.3 is 6.03 Å². The maximum absolute atomic E-state index is 12.4. The Kier molecular flexibility index (Phi) is 7.17. The van der Waals surface area contributed by atoms with Crippen molar-refractivity contribution in [2.75, 3.05) is 37.5 Å². The zero-order valence-electron chi connectivity index (χ0n) is 17.2. The van der Waals surface area contributed by atoms with Crippen molar-refractivity contribution in [2.24, 2.45) is 0 Å². The molecule has 0 radical (unpaired) electrons. The van der Waals surface area contributed by atoms with Crippen LogP contribution < -0.4 is 25.0 Å². The first kappa shape index (κ1) is 21.9. The van der Waals surface area contributed by atoms with E-state index >= 15 is 0 Å². The summed E-state index contributed by atoms with van der Waals surface area (Å²) < 4.78 is 32.7. The van der Waals surface area contributed by atoms with Gasteiger partial charge < -0.3 is 20.3 Å². The van der Waals surface area contributed by atoms with E-state index < -0.39 is 16.1 Å². The van der Waals surface area contributed by atoms with Crippen molar-refractivity contribution in [1.82, 2.24) is 10.0 Å². The molecule has 0 bridgehead atoms. The fraction of sp³-hybridized carbons (Fsp3) is 0.381. The van der Waals surface area contributed by atoms with E-state index in [0.29, 0.717) is 18.0 Å². The zero-order valence-corrected chi connectivity index (χ0v) is 18.0. The number of ether oxygens (including phenoxy) is 1. The molecule has 1 fully saturated rings. The normalized spacial score (nSPS) is 13.5. The van der Waals surface area contributed by atoms with Gasteiger partial charge in [0.2, 0.25) is 10.0 Å². The molecule has 1 saturated carbocycles. The molecule has 3 rings (SSSR count). The molecule has 0 aromatic heterocycles. The number of methoxy groups -OCH3 is 1. The molecule has 2 aromatic rings. The highest BCUT2D eigenvalue weighted by Crippen LogP contribution is 2.29. The SMILES string of the molecule is COc1ccc(S(=O)(=O)NC2CC2)cc1NC(=O)NCCCN(C)c1ccccc1. The predicted molar refractivity (Wildman–Crippen MR) is 118 cm³/mol. The van der Waals surface area contributed by atoms with Crippen LogP contribution in [0.4, 0.5) is 16.2 Å². The van der Waals surface area contributed by atoms with Gasteiger partial charge in [0, 0.05) is 31.9 Å². The highest BCUT2D eigenvalue weighted by Gasteiger charge is 2.28. The topological polar surface area (TPSA) is 99.8 Å². The molecule has 0 heterocycles. The fourth-order valence-electron chi connectivity index (χ4n) is 2.94. The average Bonchev–Trinajstić information content (AvgIpc) is 3.55. The first-order chi connectivity index (χ1) is 14.4. The second-order valence-electron chi connectivity index (χ2n) is 7.25. The number of urea groups is 1. The number of nitrogens with one attached hydrogen (secondary N) is 3. The first-order valence-corrected chi connectivity index (χ1v) is 11.4. The summed E-state index contributed by atoms with van der Waals surface area (Å²) >= 11 is 0. The molecule has 0 aliphatic heterocycles. The lowest BCUT2D eigenvalue weighted by Crippen LogP contribution is -2.32. The molecule has 0 spiro atoms. The minimum absolute atomic E-state index is 0.00540. The Labute approximate surface area is 177 Å². The lowest BCUT2D eigenvalue weighted by molar-refractivity contribution is 0.252. The van der Waals surface area contributed by atoms with Crippen LogP contribution in [0.1, 0.15) is 19.3 Å². The van der Waals surface area contributed by atoms with Crippen LogP contribution in [0.15, 0.2) is 53.4 Å². The number of anilines is 2. The number of amides is 2. The minimum atomic E-state index is -3.62. The Hall–Kier alpha value is -2.78. The van der Waals surface area contributed by atoms with Gasteiger partial charge in [0.1, 0.15) is 5.75 Å². The largest absolute Gasteiger partial charge is 0.495 e. The van der Waals surface area contributed by atoms with Crippen LogP contribution in [0.2, 0.25) is 0 Å². The molecular weight excluding hydrogens is 404 g/mol. The number of para-hydroxylation sites is 1. The smallest absolute Gasteiger partial charge is 0.319 e. The zero-order chi connectivity index (χ0) is 21.6.